The van der Waals surface area contributed by atoms with Crippen LogP contribution in [0.3, 0.4) is 0 Å². The highest BCUT2D eigenvalue weighted by molar-refractivity contribution is 5.90. The summed E-state index contributed by atoms with van der Waals surface area (Å²) in [5.41, 5.74) is 3.30. The lowest BCUT2D eigenvalue weighted by Gasteiger charge is -2.23. The van der Waals surface area contributed by atoms with Crippen molar-refractivity contribution in [3.05, 3.63) is 23.0 Å². The predicted molar refractivity (Wildman–Crippen MR) is 51.5 cm³/mol. The topological polar surface area (TPSA) is 42.1 Å². The van der Waals surface area contributed by atoms with Gasteiger partial charge in [0.2, 0.25) is 0 Å². The molecule has 0 aliphatic heterocycles. The Labute approximate surface area is 82.5 Å². The lowest BCUT2D eigenvalue weighted by Crippen LogP contribution is -2.12. The third-order valence-corrected chi connectivity index (χ3v) is 3.42. The second-order valence-electron chi connectivity index (χ2n) is 4.12. The van der Waals surface area contributed by atoms with Crippen LogP contribution in [-0.4, -0.2) is 17.6 Å². The molecule has 1 fully saturated rings. The summed E-state index contributed by atoms with van der Waals surface area (Å²) in [7, 11) is 0. The summed E-state index contributed by atoms with van der Waals surface area (Å²) in [6, 6.07) is 0. The van der Waals surface area contributed by atoms with Gasteiger partial charge in [-0.25, -0.2) is 4.79 Å². The molecule has 0 atom stereocenters. The van der Waals surface area contributed by atoms with E-state index in [9.17, 15) is 4.79 Å². The lowest BCUT2D eigenvalue weighted by molar-refractivity contribution is 0.0518. The molecule has 3 nitrogen and oxygen atoms in total. The first kappa shape index (κ1) is 8.09. The van der Waals surface area contributed by atoms with Gasteiger partial charge in [-0.15, -0.1) is 0 Å². The summed E-state index contributed by atoms with van der Waals surface area (Å²) in [5.74, 6) is 1.15. The van der Waals surface area contributed by atoms with E-state index in [1.807, 2.05) is 13.1 Å². The molecule has 4 rings (SSSR count). The maximum atomic E-state index is 11.6. The van der Waals surface area contributed by atoms with Crippen LogP contribution >= 0.6 is 0 Å². The zero-order chi connectivity index (χ0) is 9.71. The minimum Gasteiger partial charge on any atom is -0.461 e. The summed E-state index contributed by atoms with van der Waals surface area (Å²) in [5, 5.41) is 0. The lowest BCUT2D eigenvalue weighted by atomic mass is 9.81. The third kappa shape index (κ3) is 0.846. The van der Waals surface area contributed by atoms with Crippen LogP contribution in [0, 0.1) is 0 Å². The first-order chi connectivity index (χ1) is 6.81. The molecule has 0 saturated heterocycles. The highest BCUT2D eigenvalue weighted by Gasteiger charge is 2.45. The number of carbonyl (C=O) groups excluding carboxylic acids is 1. The molecule has 0 unspecified atom stereocenters. The fourth-order valence-electron chi connectivity index (χ4n) is 2.71. The third-order valence-electron chi connectivity index (χ3n) is 3.42. The van der Waals surface area contributed by atoms with Crippen LogP contribution in [0.25, 0.3) is 0 Å². The number of aromatic amines is 1. The molecule has 0 aromatic carbocycles. The second kappa shape index (κ2) is 2.62. The summed E-state index contributed by atoms with van der Waals surface area (Å²) < 4.78 is 5.01. The standard InChI is InChI=1S/C11H13NO2/c1-2-14-11(13)10-9-7-3-6(4-7)8(9)5-12-10/h5-7,12H,2-4H2,1H3. The number of carbonyl (C=O) groups is 1. The predicted octanol–water partition coefficient (Wildman–Crippen LogP) is 2.17. The van der Waals surface area contributed by atoms with E-state index in [0.717, 1.165) is 5.92 Å². The maximum Gasteiger partial charge on any atom is 0.355 e. The first-order valence-electron chi connectivity index (χ1n) is 5.19. The zero-order valence-corrected chi connectivity index (χ0v) is 8.17. The number of aromatic nitrogens is 1. The van der Waals surface area contributed by atoms with Gasteiger partial charge in [0.15, 0.2) is 0 Å². The van der Waals surface area contributed by atoms with Crippen molar-refractivity contribution in [3.63, 3.8) is 0 Å². The highest BCUT2D eigenvalue weighted by atomic mass is 16.5. The number of rotatable bonds is 2. The van der Waals surface area contributed by atoms with E-state index in [2.05, 4.69) is 4.98 Å². The Morgan fingerprint density at radius 1 is 1.57 bits per heavy atom. The van der Waals surface area contributed by atoms with Crippen LogP contribution in [0.1, 0.15) is 53.2 Å². The average Bonchev–Trinajstić information content (AvgIpc) is 2.63. The number of ether oxygens (including phenoxy) is 1. The van der Waals surface area contributed by atoms with E-state index < -0.39 is 0 Å². The van der Waals surface area contributed by atoms with Gasteiger partial charge >= 0.3 is 5.97 Å². The number of hydrogen-bond donors (Lipinski definition) is 1. The summed E-state index contributed by atoms with van der Waals surface area (Å²) in [6.07, 6.45) is 4.47. The Bertz CT molecular complexity index is 388. The van der Waals surface area contributed by atoms with Crippen LogP contribution in [0.15, 0.2) is 6.20 Å². The number of nitrogens with one attached hydrogen (secondary N) is 1. The van der Waals surface area contributed by atoms with Crippen molar-refractivity contribution >= 4 is 5.97 Å². The Morgan fingerprint density at radius 3 is 3.07 bits per heavy atom. The Morgan fingerprint density at radius 2 is 2.36 bits per heavy atom. The molecule has 1 saturated carbocycles. The van der Waals surface area contributed by atoms with Gasteiger partial charge in [-0.1, -0.05) is 0 Å². The fourth-order valence-corrected chi connectivity index (χ4v) is 2.71. The first-order valence-corrected chi connectivity index (χ1v) is 5.19. The minimum atomic E-state index is -0.193. The molecule has 1 heterocycles. The number of hydrogen-bond acceptors (Lipinski definition) is 2. The summed E-state index contributed by atoms with van der Waals surface area (Å²) >= 11 is 0. The van der Waals surface area contributed by atoms with Crippen LogP contribution in [-0.2, 0) is 4.74 Å². The van der Waals surface area contributed by atoms with Crippen molar-refractivity contribution in [2.45, 2.75) is 31.6 Å². The van der Waals surface area contributed by atoms with Gasteiger partial charge < -0.3 is 9.72 Å². The van der Waals surface area contributed by atoms with E-state index in [1.165, 1.54) is 24.0 Å². The molecular formula is C11H13NO2. The van der Waals surface area contributed by atoms with Gasteiger partial charge in [0.05, 0.1) is 6.61 Å². The van der Waals surface area contributed by atoms with Crippen molar-refractivity contribution in [3.8, 4) is 0 Å². The zero-order valence-electron chi connectivity index (χ0n) is 8.17. The monoisotopic (exact) mass is 191 g/mol. The minimum absolute atomic E-state index is 0.193. The van der Waals surface area contributed by atoms with Crippen LogP contribution in [0.2, 0.25) is 0 Å². The van der Waals surface area contributed by atoms with Crippen molar-refractivity contribution in [1.29, 1.82) is 0 Å². The van der Waals surface area contributed by atoms with Gasteiger partial charge in [0, 0.05) is 6.20 Å². The molecule has 0 spiro atoms. The molecular weight excluding hydrogens is 178 g/mol. The van der Waals surface area contributed by atoms with Gasteiger partial charge in [0.1, 0.15) is 5.69 Å². The molecule has 1 aromatic rings. The van der Waals surface area contributed by atoms with Crippen LogP contribution in [0.5, 0.6) is 0 Å². The maximum absolute atomic E-state index is 11.6. The van der Waals surface area contributed by atoms with Crippen molar-refractivity contribution in [1.82, 2.24) is 4.98 Å². The molecule has 1 N–H and O–H groups in total. The molecule has 14 heavy (non-hydrogen) atoms. The average molecular weight is 191 g/mol. The van der Waals surface area contributed by atoms with E-state index in [1.54, 1.807) is 0 Å². The summed E-state index contributed by atoms with van der Waals surface area (Å²) in [6.45, 7) is 2.28. The Kier molecular flexibility index (Phi) is 1.52. The smallest absolute Gasteiger partial charge is 0.355 e. The van der Waals surface area contributed by atoms with Crippen LogP contribution in [0.4, 0.5) is 0 Å². The Balaban J connectivity index is 1.97. The van der Waals surface area contributed by atoms with Crippen molar-refractivity contribution in [2.75, 3.05) is 6.61 Å². The van der Waals surface area contributed by atoms with Gasteiger partial charge in [-0.2, -0.15) is 0 Å². The Hall–Kier alpha value is -1.25. The summed E-state index contributed by atoms with van der Waals surface area (Å²) in [4.78, 5) is 14.6. The number of esters is 1. The molecule has 74 valence electrons. The molecule has 3 heteroatoms. The van der Waals surface area contributed by atoms with Gasteiger partial charge in [-0.3, -0.25) is 0 Å². The van der Waals surface area contributed by atoms with Crippen molar-refractivity contribution in [2.24, 2.45) is 0 Å². The quantitative estimate of drug-likeness (QED) is 0.728. The van der Waals surface area contributed by atoms with Crippen LogP contribution < -0.4 is 0 Å². The SMILES string of the molecule is CCOC(=O)c1[nH]cc2c1C1CC2C1. The van der Waals surface area contributed by atoms with E-state index in [-0.39, 0.29) is 5.97 Å². The molecule has 0 amide bonds. The van der Waals surface area contributed by atoms with Crippen molar-refractivity contribution < 1.29 is 9.53 Å². The fraction of sp³-hybridized carbons (Fsp3) is 0.545. The van der Waals surface area contributed by atoms with E-state index in [4.69, 9.17) is 4.74 Å². The normalized spacial score (nSPS) is 26.9. The largest absolute Gasteiger partial charge is 0.461 e. The van der Waals surface area contributed by atoms with E-state index in [0.29, 0.717) is 18.2 Å². The number of H-pyrrole nitrogens is 1. The molecule has 0 radical (unpaired) electrons. The van der Waals surface area contributed by atoms with Gasteiger partial charge in [-0.05, 0) is 42.7 Å². The molecule has 2 bridgehead atoms. The van der Waals surface area contributed by atoms with Gasteiger partial charge in [0.25, 0.3) is 0 Å². The molecule has 3 aliphatic rings. The second-order valence-corrected chi connectivity index (χ2v) is 4.12. The molecule has 3 aliphatic carbocycles. The highest BCUT2D eigenvalue weighted by Crippen LogP contribution is 2.58. The molecule has 1 aromatic heterocycles. The van der Waals surface area contributed by atoms with E-state index >= 15 is 0 Å².